The lowest BCUT2D eigenvalue weighted by Gasteiger charge is -2.32. The molecule has 0 radical (unpaired) electrons. The van der Waals surface area contributed by atoms with E-state index in [4.69, 9.17) is 4.74 Å². The van der Waals surface area contributed by atoms with Crippen LogP contribution in [-0.4, -0.2) is 56.1 Å². The van der Waals surface area contributed by atoms with E-state index in [1.807, 2.05) is 4.90 Å². The Morgan fingerprint density at radius 2 is 1.93 bits per heavy atom. The molecule has 1 aromatic rings. The minimum atomic E-state index is -0.447. The molecule has 0 aliphatic carbocycles. The number of methoxy groups -OCH3 is 1. The average molecular weight is 407 g/mol. The molecule has 0 atom stereocenters. The van der Waals surface area contributed by atoms with Crippen LogP contribution in [-0.2, 0) is 23.9 Å². The number of nitro groups is 1. The molecule has 158 valence electrons. The molecular formula is C19H25N3O7. The fourth-order valence-corrected chi connectivity index (χ4v) is 3.11. The third-order valence-electron chi connectivity index (χ3n) is 4.70. The predicted molar refractivity (Wildman–Crippen MR) is 103 cm³/mol. The number of hydrogen-bond acceptors (Lipinski definition) is 8. The number of ether oxygens (including phenoxy) is 2. The molecule has 10 heteroatoms. The molecule has 1 aliphatic heterocycles. The van der Waals surface area contributed by atoms with Gasteiger partial charge in [0.2, 0.25) is 0 Å². The molecule has 29 heavy (non-hydrogen) atoms. The van der Waals surface area contributed by atoms with Gasteiger partial charge in [-0.25, -0.2) is 0 Å². The van der Waals surface area contributed by atoms with Crippen LogP contribution in [0.5, 0.6) is 0 Å². The van der Waals surface area contributed by atoms with Crippen molar-refractivity contribution < 1.29 is 28.8 Å². The van der Waals surface area contributed by atoms with Crippen molar-refractivity contribution in [2.45, 2.75) is 25.7 Å². The van der Waals surface area contributed by atoms with Crippen LogP contribution in [0.1, 0.15) is 25.7 Å². The van der Waals surface area contributed by atoms with E-state index >= 15 is 0 Å². The zero-order valence-electron chi connectivity index (χ0n) is 16.3. The van der Waals surface area contributed by atoms with Crippen molar-refractivity contribution in [3.05, 3.63) is 34.4 Å². The molecule has 1 amide bonds. The monoisotopic (exact) mass is 407 g/mol. The van der Waals surface area contributed by atoms with Gasteiger partial charge in [0.1, 0.15) is 5.69 Å². The molecule has 1 aliphatic rings. The first-order valence-corrected chi connectivity index (χ1v) is 9.41. The van der Waals surface area contributed by atoms with Crippen molar-refractivity contribution in [2.24, 2.45) is 5.92 Å². The van der Waals surface area contributed by atoms with Crippen molar-refractivity contribution in [3.63, 3.8) is 0 Å². The normalized spacial score (nSPS) is 14.2. The van der Waals surface area contributed by atoms with E-state index in [9.17, 15) is 24.5 Å². The van der Waals surface area contributed by atoms with Crippen LogP contribution in [0, 0.1) is 16.0 Å². The molecule has 2 rings (SSSR count). The molecular weight excluding hydrogens is 382 g/mol. The first-order valence-electron chi connectivity index (χ1n) is 9.41. The fourth-order valence-electron chi connectivity index (χ4n) is 3.11. The lowest BCUT2D eigenvalue weighted by molar-refractivity contribution is -0.384. The van der Waals surface area contributed by atoms with Crippen molar-refractivity contribution in [1.82, 2.24) is 5.32 Å². The predicted octanol–water partition coefficient (Wildman–Crippen LogP) is 1.42. The van der Waals surface area contributed by atoms with Crippen molar-refractivity contribution in [1.29, 1.82) is 0 Å². The van der Waals surface area contributed by atoms with Gasteiger partial charge in [-0.1, -0.05) is 12.1 Å². The van der Waals surface area contributed by atoms with Gasteiger partial charge in [0.15, 0.2) is 6.61 Å². The van der Waals surface area contributed by atoms with Gasteiger partial charge >= 0.3 is 11.9 Å². The standard InChI is InChI=1S/C19H25N3O7/c1-28-18(24)7-4-10-20-17(23)13-29-19(25)14-8-11-21(12-9-14)15-5-2-3-6-16(15)22(26)27/h2-3,5-6,14H,4,7-13H2,1H3,(H,20,23). The van der Waals surface area contributed by atoms with E-state index in [1.54, 1.807) is 18.2 Å². The zero-order valence-corrected chi connectivity index (χ0v) is 16.3. The maximum atomic E-state index is 12.2. The second kappa shape index (κ2) is 11.0. The lowest BCUT2D eigenvalue weighted by Crippen LogP contribution is -2.38. The number of piperidine rings is 1. The van der Waals surface area contributed by atoms with E-state index in [0.717, 1.165) is 0 Å². The molecule has 0 spiro atoms. The molecule has 0 bridgehead atoms. The SMILES string of the molecule is COC(=O)CCCNC(=O)COC(=O)C1CCN(c2ccccc2[N+](=O)[O-])CC1. The summed E-state index contributed by atoms with van der Waals surface area (Å²) in [5.41, 5.74) is 0.577. The summed E-state index contributed by atoms with van der Waals surface area (Å²) in [6, 6.07) is 6.51. The van der Waals surface area contributed by atoms with Crippen molar-refractivity contribution >= 4 is 29.2 Å². The van der Waals surface area contributed by atoms with Crippen LogP contribution in [0.4, 0.5) is 11.4 Å². The summed E-state index contributed by atoms with van der Waals surface area (Å²) in [4.78, 5) is 47.5. The smallest absolute Gasteiger partial charge is 0.309 e. The highest BCUT2D eigenvalue weighted by molar-refractivity contribution is 5.81. The number of carbonyl (C=O) groups is 3. The van der Waals surface area contributed by atoms with Crippen molar-refractivity contribution in [2.75, 3.05) is 38.3 Å². The highest BCUT2D eigenvalue weighted by atomic mass is 16.6. The maximum Gasteiger partial charge on any atom is 0.309 e. The number of benzene rings is 1. The highest BCUT2D eigenvalue weighted by Crippen LogP contribution is 2.31. The Morgan fingerprint density at radius 3 is 2.59 bits per heavy atom. The van der Waals surface area contributed by atoms with Crippen LogP contribution in [0.15, 0.2) is 24.3 Å². The Kier molecular flexibility index (Phi) is 8.38. The van der Waals surface area contributed by atoms with Gasteiger partial charge in [-0.3, -0.25) is 24.5 Å². The number of nitrogens with zero attached hydrogens (tertiary/aromatic N) is 2. The second-order valence-electron chi connectivity index (χ2n) is 6.64. The number of nitro benzene ring substituents is 1. The molecule has 10 nitrogen and oxygen atoms in total. The molecule has 0 aromatic heterocycles. The molecule has 0 unspecified atom stereocenters. The number of para-hydroxylation sites is 2. The molecule has 1 N–H and O–H groups in total. The first-order chi connectivity index (χ1) is 13.9. The quantitative estimate of drug-likeness (QED) is 0.282. The summed E-state index contributed by atoms with van der Waals surface area (Å²) in [7, 11) is 1.30. The summed E-state index contributed by atoms with van der Waals surface area (Å²) in [6.45, 7) is 0.899. The van der Waals surface area contributed by atoms with Crippen molar-refractivity contribution in [3.8, 4) is 0 Å². The minimum Gasteiger partial charge on any atom is -0.469 e. The summed E-state index contributed by atoms with van der Waals surface area (Å²) >= 11 is 0. The number of hydrogen-bond donors (Lipinski definition) is 1. The summed E-state index contributed by atoms with van der Waals surface area (Å²) in [6.07, 6.45) is 1.63. The van der Waals surface area contributed by atoms with Crippen LogP contribution in [0.25, 0.3) is 0 Å². The average Bonchev–Trinajstić information content (AvgIpc) is 2.74. The van der Waals surface area contributed by atoms with Gasteiger partial charge in [-0.05, 0) is 25.3 Å². The Labute approximate surface area is 168 Å². The van der Waals surface area contributed by atoms with E-state index in [0.29, 0.717) is 44.6 Å². The number of amides is 1. The largest absolute Gasteiger partial charge is 0.469 e. The van der Waals surface area contributed by atoms with Gasteiger partial charge in [-0.15, -0.1) is 0 Å². The summed E-state index contributed by atoms with van der Waals surface area (Å²) < 4.78 is 9.58. The topological polar surface area (TPSA) is 128 Å². The fraction of sp³-hybridized carbons (Fsp3) is 0.526. The molecule has 0 saturated carbocycles. The third kappa shape index (κ3) is 6.74. The Hall–Kier alpha value is -3.17. The maximum absolute atomic E-state index is 12.2. The van der Waals surface area contributed by atoms with Gasteiger partial charge in [-0.2, -0.15) is 0 Å². The van der Waals surface area contributed by atoms with E-state index in [-0.39, 0.29) is 30.6 Å². The van der Waals surface area contributed by atoms with Gasteiger partial charge in [0.05, 0.1) is 18.0 Å². The Balaban J connectivity index is 1.71. The molecule has 1 aromatic carbocycles. The number of carbonyl (C=O) groups excluding carboxylic acids is 3. The van der Waals surface area contributed by atoms with Crippen LogP contribution in [0.3, 0.4) is 0 Å². The molecule has 1 saturated heterocycles. The van der Waals surface area contributed by atoms with Crippen LogP contribution in [0.2, 0.25) is 0 Å². The van der Waals surface area contributed by atoms with Crippen LogP contribution < -0.4 is 10.2 Å². The second-order valence-corrected chi connectivity index (χ2v) is 6.64. The summed E-state index contributed by atoms with van der Waals surface area (Å²) in [5.74, 6) is -1.57. The summed E-state index contributed by atoms with van der Waals surface area (Å²) in [5, 5.41) is 13.7. The minimum absolute atomic E-state index is 0.0393. The van der Waals surface area contributed by atoms with Gasteiger partial charge in [0.25, 0.3) is 11.6 Å². The Bertz CT molecular complexity index is 745. The Morgan fingerprint density at radius 1 is 1.24 bits per heavy atom. The van der Waals surface area contributed by atoms with E-state index in [2.05, 4.69) is 10.1 Å². The number of nitrogens with one attached hydrogen (secondary N) is 1. The third-order valence-corrected chi connectivity index (χ3v) is 4.70. The van der Waals surface area contributed by atoms with Gasteiger partial charge in [0, 0.05) is 32.1 Å². The van der Waals surface area contributed by atoms with E-state index in [1.165, 1.54) is 13.2 Å². The van der Waals surface area contributed by atoms with E-state index < -0.39 is 16.8 Å². The van der Waals surface area contributed by atoms with Gasteiger partial charge < -0.3 is 19.7 Å². The molecule has 1 fully saturated rings. The lowest BCUT2D eigenvalue weighted by atomic mass is 9.96. The first kappa shape index (κ1) is 22.1. The zero-order chi connectivity index (χ0) is 21.2. The van der Waals surface area contributed by atoms with Crippen LogP contribution >= 0.6 is 0 Å². The molecule has 1 heterocycles. The number of esters is 2. The number of rotatable bonds is 9. The highest BCUT2D eigenvalue weighted by Gasteiger charge is 2.29. The number of anilines is 1.